The second-order valence-corrected chi connectivity index (χ2v) is 9.35. The molecule has 2 bridgehead atoms. The monoisotopic (exact) mass is 405 g/mol. The van der Waals surface area contributed by atoms with E-state index in [1.54, 1.807) is 0 Å². The lowest BCUT2D eigenvalue weighted by Gasteiger charge is -2.43. The number of anilines is 1. The van der Waals surface area contributed by atoms with Gasteiger partial charge in [0.25, 0.3) is 11.5 Å². The van der Waals surface area contributed by atoms with Gasteiger partial charge in [0.1, 0.15) is 5.69 Å². The van der Waals surface area contributed by atoms with E-state index in [0.29, 0.717) is 24.9 Å². The van der Waals surface area contributed by atoms with Crippen molar-refractivity contribution in [2.45, 2.75) is 51.0 Å². The first-order valence-corrected chi connectivity index (χ1v) is 11.5. The molecule has 5 heteroatoms. The van der Waals surface area contributed by atoms with Crippen molar-refractivity contribution in [3.63, 3.8) is 0 Å². The van der Waals surface area contributed by atoms with E-state index in [-0.39, 0.29) is 17.4 Å². The van der Waals surface area contributed by atoms with Gasteiger partial charge in [0.05, 0.1) is 0 Å². The number of nitrogens with one attached hydrogen (secondary N) is 1. The van der Waals surface area contributed by atoms with Crippen LogP contribution >= 0.6 is 0 Å². The molecule has 0 unspecified atom stereocenters. The second kappa shape index (κ2) is 8.29. The predicted octanol–water partition coefficient (Wildman–Crippen LogP) is 4.10. The van der Waals surface area contributed by atoms with E-state index < -0.39 is 0 Å². The van der Waals surface area contributed by atoms with Crippen molar-refractivity contribution in [1.82, 2.24) is 9.47 Å². The van der Waals surface area contributed by atoms with Gasteiger partial charge in [-0.15, -0.1) is 0 Å². The van der Waals surface area contributed by atoms with Gasteiger partial charge in [-0.2, -0.15) is 0 Å². The number of aromatic nitrogens is 1. The zero-order valence-corrected chi connectivity index (χ0v) is 17.6. The number of amides is 1. The summed E-state index contributed by atoms with van der Waals surface area (Å²) in [6, 6.07) is 13.6. The van der Waals surface area contributed by atoms with Crippen LogP contribution in [0.3, 0.4) is 0 Å². The number of nitrogens with zero attached hydrogens (tertiary/aromatic N) is 2. The third-order valence-electron chi connectivity index (χ3n) is 7.22. The molecule has 5 nitrogen and oxygen atoms in total. The SMILES string of the molecule is O=C(c1ccccc1)N1C[C@@H]2C[C@H](C1)c1ccc(NCC3CCCCC3)c(=O)n1C2. The molecular formula is C25H31N3O2. The zero-order valence-electron chi connectivity index (χ0n) is 17.6. The van der Waals surface area contributed by atoms with Crippen LogP contribution in [0, 0.1) is 11.8 Å². The Bertz CT molecular complexity index is 962. The molecular weight excluding hydrogens is 374 g/mol. The van der Waals surface area contributed by atoms with Gasteiger partial charge in [-0.1, -0.05) is 37.5 Å². The molecule has 1 saturated carbocycles. The van der Waals surface area contributed by atoms with Crippen LogP contribution in [0.5, 0.6) is 0 Å². The Morgan fingerprint density at radius 2 is 1.77 bits per heavy atom. The van der Waals surface area contributed by atoms with E-state index >= 15 is 0 Å². The molecule has 0 radical (unpaired) electrons. The minimum atomic E-state index is 0.104. The number of benzene rings is 1. The first-order valence-electron chi connectivity index (χ1n) is 11.5. The number of fused-ring (bicyclic) bond motifs is 4. The molecule has 3 heterocycles. The maximum atomic E-state index is 13.2. The maximum absolute atomic E-state index is 13.2. The van der Waals surface area contributed by atoms with Crippen LogP contribution in [0.2, 0.25) is 0 Å². The van der Waals surface area contributed by atoms with Crippen LogP contribution in [0.1, 0.15) is 60.5 Å². The summed E-state index contributed by atoms with van der Waals surface area (Å²) >= 11 is 0. The number of rotatable bonds is 4. The molecule has 1 amide bonds. The molecule has 158 valence electrons. The molecule has 2 fully saturated rings. The largest absolute Gasteiger partial charge is 0.380 e. The van der Waals surface area contributed by atoms with Gasteiger partial charge in [0.2, 0.25) is 0 Å². The maximum Gasteiger partial charge on any atom is 0.274 e. The van der Waals surface area contributed by atoms with E-state index in [4.69, 9.17) is 0 Å². The van der Waals surface area contributed by atoms with Crippen LogP contribution in [0.25, 0.3) is 0 Å². The summed E-state index contributed by atoms with van der Waals surface area (Å²) < 4.78 is 1.98. The topological polar surface area (TPSA) is 54.3 Å². The summed E-state index contributed by atoms with van der Waals surface area (Å²) in [5, 5.41) is 3.45. The summed E-state index contributed by atoms with van der Waals surface area (Å²) in [4.78, 5) is 28.1. The van der Waals surface area contributed by atoms with E-state index in [0.717, 1.165) is 36.5 Å². The third-order valence-corrected chi connectivity index (χ3v) is 7.22. The van der Waals surface area contributed by atoms with Crippen LogP contribution < -0.4 is 10.9 Å². The van der Waals surface area contributed by atoms with Gasteiger partial charge in [0.15, 0.2) is 0 Å². The molecule has 3 aliphatic rings. The van der Waals surface area contributed by atoms with Crippen molar-refractivity contribution in [2.24, 2.45) is 11.8 Å². The first kappa shape index (κ1) is 19.4. The molecule has 1 N–H and O–H groups in total. The molecule has 1 aromatic carbocycles. The standard InChI is InChI=1S/C25H31N3O2/c29-24(20-9-5-2-6-10-20)27-15-19-13-21(17-27)23-12-11-22(25(30)28(23)16-19)26-14-18-7-3-1-4-8-18/h2,5-6,9-12,18-19,21,26H,1,3-4,7-8,13-17H2/t19-,21+/m0/s1. The predicted molar refractivity (Wildman–Crippen MR) is 119 cm³/mol. The van der Waals surface area contributed by atoms with Gasteiger partial charge in [-0.05, 0) is 55.4 Å². The number of hydrogen-bond acceptors (Lipinski definition) is 3. The fourth-order valence-corrected chi connectivity index (χ4v) is 5.66. The molecule has 2 aromatic rings. The molecule has 5 rings (SSSR count). The highest BCUT2D eigenvalue weighted by atomic mass is 16.2. The van der Waals surface area contributed by atoms with Gasteiger partial charge >= 0.3 is 0 Å². The minimum Gasteiger partial charge on any atom is -0.380 e. The van der Waals surface area contributed by atoms with Crippen LogP contribution in [-0.4, -0.2) is 35.0 Å². The highest BCUT2D eigenvalue weighted by Gasteiger charge is 2.36. The average molecular weight is 406 g/mol. The van der Waals surface area contributed by atoms with Gasteiger partial charge in [-0.3, -0.25) is 9.59 Å². The fraction of sp³-hybridized carbons (Fsp3) is 0.520. The number of likely N-dealkylation sites (tertiary alicyclic amines) is 1. The van der Waals surface area contributed by atoms with Gasteiger partial charge in [0, 0.05) is 43.4 Å². The van der Waals surface area contributed by atoms with Crippen molar-refractivity contribution < 1.29 is 4.79 Å². The highest BCUT2D eigenvalue weighted by molar-refractivity contribution is 5.94. The van der Waals surface area contributed by atoms with E-state index in [1.165, 1.54) is 32.1 Å². The Morgan fingerprint density at radius 3 is 2.57 bits per heavy atom. The Morgan fingerprint density at radius 1 is 0.967 bits per heavy atom. The number of carbonyl (C=O) groups is 1. The lowest BCUT2D eigenvalue weighted by atomic mass is 9.83. The quantitative estimate of drug-likeness (QED) is 0.833. The summed E-state index contributed by atoms with van der Waals surface area (Å²) in [7, 11) is 0. The number of hydrogen-bond donors (Lipinski definition) is 1. The Balaban J connectivity index is 1.32. The molecule has 1 aliphatic carbocycles. The van der Waals surface area contributed by atoms with Gasteiger partial charge in [-0.25, -0.2) is 0 Å². The molecule has 0 spiro atoms. The normalized spacial score (nSPS) is 23.7. The molecule has 2 atom stereocenters. The van der Waals surface area contributed by atoms with E-state index in [9.17, 15) is 9.59 Å². The number of pyridine rings is 1. The Kier molecular flexibility index (Phi) is 5.36. The number of carbonyl (C=O) groups excluding carboxylic acids is 1. The fourth-order valence-electron chi connectivity index (χ4n) is 5.66. The summed E-state index contributed by atoms with van der Waals surface area (Å²) in [5.74, 6) is 1.38. The summed E-state index contributed by atoms with van der Waals surface area (Å²) in [5.41, 5.74) is 2.68. The first-order chi connectivity index (χ1) is 14.7. The highest BCUT2D eigenvalue weighted by Crippen LogP contribution is 2.36. The van der Waals surface area contributed by atoms with Crippen molar-refractivity contribution in [3.8, 4) is 0 Å². The summed E-state index contributed by atoms with van der Waals surface area (Å²) in [6.45, 7) is 3.04. The zero-order chi connectivity index (χ0) is 20.5. The Hall–Kier alpha value is -2.56. The van der Waals surface area contributed by atoms with E-state index in [1.807, 2.05) is 45.9 Å². The van der Waals surface area contributed by atoms with Crippen LogP contribution in [0.4, 0.5) is 5.69 Å². The molecule has 30 heavy (non-hydrogen) atoms. The van der Waals surface area contributed by atoms with Crippen LogP contribution in [-0.2, 0) is 6.54 Å². The lowest BCUT2D eigenvalue weighted by Crippen LogP contribution is -2.49. The average Bonchev–Trinajstić information content (AvgIpc) is 2.80. The number of piperidine rings is 1. The van der Waals surface area contributed by atoms with Crippen molar-refractivity contribution in [3.05, 3.63) is 64.1 Å². The molecule has 2 aliphatic heterocycles. The minimum absolute atomic E-state index is 0.104. The van der Waals surface area contributed by atoms with Crippen molar-refractivity contribution in [1.29, 1.82) is 0 Å². The third kappa shape index (κ3) is 3.78. The lowest BCUT2D eigenvalue weighted by molar-refractivity contribution is 0.0594. The van der Waals surface area contributed by atoms with Gasteiger partial charge < -0.3 is 14.8 Å². The van der Waals surface area contributed by atoms with Crippen molar-refractivity contribution in [2.75, 3.05) is 25.0 Å². The summed E-state index contributed by atoms with van der Waals surface area (Å²) in [6.07, 6.45) is 7.59. The molecule has 1 saturated heterocycles. The Labute approximate surface area is 178 Å². The van der Waals surface area contributed by atoms with Crippen molar-refractivity contribution >= 4 is 11.6 Å². The van der Waals surface area contributed by atoms with E-state index in [2.05, 4.69) is 11.4 Å². The molecule has 1 aromatic heterocycles. The van der Waals surface area contributed by atoms with Crippen LogP contribution in [0.15, 0.2) is 47.3 Å². The smallest absolute Gasteiger partial charge is 0.274 e. The second-order valence-electron chi connectivity index (χ2n) is 9.35.